The van der Waals surface area contributed by atoms with Crippen LogP contribution in [0.4, 0.5) is 0 Å². The highest BCUT2D eigenvalue weighted by molar-refractivity contribution is 6.12. The molecule has 3 N–H and O–H groups in total. The summed E-state index contributed by atoms with van der Waals surface area (Å²) in [5.74, 6) is -0.962. The largest absolute Gasteiger partial charge is 0.508 e. The Balaban J connectivity index is 1.77. The molecule has 168 valence electrons. The van der Waals surface area contributed by atoms with Crippen LogP contribution in [-0.4, -0.2) is 28.2 Å². The number of ether oxygens (including phenoxy) is 1. The van der Waals surface area contributed by atoms with Crippen LogP contribution in [-0.2, 0) is 0 Å². The molecule has 7 nitrogen and oxygen atoms in total. The van der Waals surface area contributed by atoms with Gasteiger partial charge in [-0.3, -0.25) is 9.59 Å². The average Bonchev–Trinajstić information content (AvgIpc) is 2.84. The number of hydrogen-bond donors (Lipinski definition) is 3. The summed E-state index contributed by atoms with van der Waals surface area (Å²) in [5.41, 5.74) is 0.436. The molecule has 0 saturated heterocycles. The number of carbonyl (C=O) groups excluding carboxylic acids is 1. The number of carbonyl (C=O) groups is 1. The molecule has 0 fully saturated rings. The summed E-state index contributed by atoms with van der Waals surface area (Å²) in [4.78, 5) is 26.1. The number of hydrogen-bond acceptors (Lipinski definition) is 7. The van der Waals surface area contributed by atoms with E-state index in [0.717, 1.165) is 0 Å². The number of aromatic hydroxyl groups is 3. The fourth-order valence-corrected chi connectivity index (χ4v) is 4.01. The Morgan fingerprint density at radius 2 is 1.59 bits per heavy atom. The zero-order valence-corrected chi connectivity index (χ0v) is 17.9. The third-order valence-electron chi connectivity index (χ3n) is 5.68. The molecular formula is C27H18O7. The van der Waals surface area contributed by atoms with Gasteiger partial charge in [-0.1, -0.05) is 30.3 Å². The smallest absolute Gasteiger partial charge is 0.200 e. The van der Waals surface area contributed by atoms with Gasteiger partial charge in [-0.25, -0.2) is 0 Å². The number of rotatable bonds is 4. The first-order chi connectivity index (χ1) is 16.4. The lowest BCUT2D eigenvalue weighted by Crippen LogP contribution is -2.04. The maximum atomic E-state index is 13.1. The normalized spacial score (nSPS) is 11.1. The summed E-state index contributed by atoms with van der Waals surface area (Å²) in [7, 11) is 1.39. The van der Waals surface area contributed by atoms with Crippen LogP contribution < -0.4 is 10.2 Å². The van der Waals surface area contributed by atoms with Crippen LogP contribution in [0.5, 0.6) is 23.0 Å². The van der Waals surface area contributed by atoms with Gasteiger partial charge in [-0.05, 0) is 30.3 Å². The van der Waals surface area contributed by atoms with Crippen molar-refractivity contribution in [3.63, 3.8) is 0 Å². The minimum Gasteiger partial charge on any atom is -0.508 e. The van der Waals surface area contributed by atoms with Gasteiger partial charge in [-0.15, -0.1) is 0 Å². The van der Waals surface area contributed by atoms with Crippen molar-refractivity contribution in [1.29, 1.82) is 0 Å². The molecule has 0 saturated carbocycles. The number of fused-ring (bicyclic) bond motifs is 2. The van der Waals surface area contributed by atoms with Crippen LogP contribution in [0.2, 0.25) is 0 Å². The number of methoxy groups -OCH3 is 1. The summed E-state index contributed by atoms with van der Waals surface area (Å²) in [6, 6.07) is 18.2. The second kappa shape index (κ2) is 7.97. The second-order valence-electron chi connectivity index (χ2n) is 7.71. The Bertz CT molecular complexity index is 1650. The van der Waals surface area contributed by atoms with Crippen molar-refractivity contribution < 1.29 is 29.3 Å². The van der Waals surface area contributed by atoms with Crippen molar-refractivity contribution in [3.8, 4) is 34.1 Å². The highest BCUT2D eigenvalue weighted by Gasteiger charge is 2.24. The second-order valence-corrected chi connectivity index (χ2v) is 7.71. The molecule has 7 heteroatoms. The Labute approximate surface area is 192 Å². The Morgan fingerprint density at radius 1 is 0.853 bits per heavy atom. The molecule has 4 aromatic carbocycles. The number of phenolic OH excluding ortho intramolecular Hbond substituents is 3. The highest BCUT2D eigenvalue weighted by atomic mass is 16.5. The van der Waals surface area contributed by atoms with Crippen molar-refractivity contribution in [1.82, 2.24) is 0 Å². The van der Waals surface area contributed by atoms with Gasteiger partial charge >= 0.3 is 0 Å². The van der Waals surface area contributed by atoms with Gasteiger partial charge in [0.05, 0.1) is 29.0 Å². The third kappa shape index (κ3) is 3.31. The molecule has 0 radical (unpaired) electrons. The van der Waals surface area contributed by atoms with Crippen molar-refractivity contribution in [2.75, 3.05) is 7.11 Å². The van der Waals surface area contributed by atoms with Gasteiger partial charge in [0.15, 0.2) is 5.78 Å². The SMILES string of the molecule is COc1ccc(C(=O)c2ccccc2)c(O)c1-c1cc2c(=O)c3ccc(O)cc3oc2cc1O. The van der Waals surface area contributed by atoms with Crippen LogP contribution in [0.1, 0.15) is 15.9 Å². The van der Waals surface area contributed by atoms with Crippen molar-refractivity contribution in [2.45, 2.75) is 0 Å². The highest BCUT2D eigenvalue weighted by Crippen LogP contribution is 2.45. The molecule has 0 spiro atoms. The predicted octanol–water partition coefficient (Wildman–Crippen LogP) is 4.97. The molecule has 0 aliphatic rings. The van der Waals surface area contributed by atoms with Gasteiger partial charge in [0.2, 0.25) is 5.43 Å². The quantitative estimate of drug-likeness (QED) is 0.259. The number of phenols is 3. The number of benzene rings is 4. The molecule has 1 heterocycles. The van der Waals surface area contributed by atoms with Gasteiger partial charge in [0, 0.05) is 23.3 Å². The summed E-state index contributed by atoms with van der Waals surface area (Å²) in [5, 5.41) is 32.0. The van der Waals surface area contributed by atoms with E-state index in [2.05, 4.69) is 0 Å². The summed E-state index contributed by atoms with van der Waals surface area (Å²) < 4.78 is 11.1. The Kier molecular flexibility index (Phi) is 4.94. The van der Waals surface area contributed by atoms with E-state index in [9.17, 15) is 24.9 Å². The third-order valence-corrected chi connectivity index (χ3v) is 5.68. The van der Waals surface area contributed by atoms with Gasteiger partial charge < -0.3 is 24.5 Å². The molecule has 0 bridgehead atoms. The predicted molar refractivity (Wildman–Crippen MR) is 127 cm³/mol. The number of ketones is 1. The monoisotopic (exact) mass is 454 g/mol. The van der Waals surface area contributed by atoms with Crippen LogP contribution in [0.25, 0.3) is 33.1 Å². The van der Waals surface area contributed by atoms with E-state index in [1.54, 1.807) is 30.3 Å². The first-order valence-electron chi connectivity index (χ1n) is 10.3. The van der Waals surface area contributed by atoms with Gasteiger partial charge in [0.1, 0.15) is 34.2 Å². The zero-order valence-electron chi connectivity index (χ0n) is 17.9. The van der Waals surface area contributed by atoms with Gasteiger partial charge in [0.25, 0.3) is 0 Å². The summed E-state index contributed by atoms with van der Waals surface area (Å²) in [6.07, 6.45) is 0. The molecule has 0 amide bonds. The summed E-state index contributed by atoms with van der Waals surface area (Å²) in [6.45, 7) is 0. The van der Waals surface area contributed by atoms with Crippen molar-refractivity contribution in [3.05, 3.63) is 94.1 Å². The van der Waals surface area contributed by atoms with E-state index in [1.807, 2.05) is 0 Å². The first-order valence-corrected chi connectivity index (χ1v) is 10.3. The van der Waals surface area contributed by atoms with E-state index in [1.165, 1.54) is 49.6 Å². The molecule has 0 aliphatic carbocycles. The maximum absolute atomic E-state index is 13.1. The average molecular weight is 454 g/mol. The lowest BCUT2D eigenvalue weighted by molar-refractivity contribution is 0.103. The molecule has 5 aromatic rings. The Hall–Kier alpha value is -4.78. The Morgan fingerprint density at radius 3 is 2.32 bits per heavy atom. The first kappa shape index (κ1) is 21.1. The maximum Gasteiger partial charge on any atom is 0.200 e. The molecule has 0 atom stereocenters. The minimum absolute atomic E-state index is 0.0162. The van der Waals surface area contributed by atoms with E-state index in [4.69, 9.17) is 9.15 Å². The van der Waals surface area contributed by atoms with Crippen LogP contribution in [0.15, 0.2) is 82.0 Å². The lowest BCUT2D eigenvalue weighted by atomic mass is 9.94. The standard InChI is InChI=1S/C27H18O7/c1-33-21-10-9-17(25(30)14-5-3-2-4-6-14)27(32)24(21)18-12-19-23(13-20(18)29)34-22-11-15(28)7-8-16(22)26(19)31/h2-13,28-29,32H,1H3. The van der Waals surface area contributed by atoms with Crippen molar-refractivity contribution >= 4 is 27.7 Å². The molecular weight excluding hydrogens is 436 g/mol. The molecule has 1 aromatic heterocycles. The fourth-order valence-electron chi connectivity index (χ4n) is 4.01. The molecule has 34 heavy (non-hydrogen) atoms. The molecule has 5 rings (SSSR count). The van der Waals surface area contributed by atoms with Gasteiger partial charge in [-0.2, -0.15) is 0 Å². The van der Waals surface area contributed by atoms with E-state index < -0.39 is 11.5 Å². The molecule has 0 unspecified atom stereocenters. The summed E-state index contributed by atoms with van der Waals surface area (Å²) >= 11 is 0. The van der Waals surface area contributed by atoms with Crippen molar-refractivity contribution in [2.24, 2.45) is 0 Å². The van der Waals surface area contributed by atoms with Crippen LogP contribution in [0, 0.1) is 0 Å². The lowest BCUT2D eigenvalue weighted by Gasteiger charge is -2.15. The van der Waals surface area contributed by atoms with Crippen LogP contribution >= 0.6 is 0 Å². The van der Waals surface area contributed by atoms with Crippen LogP contribution in [0.3, 0.4) is 0 Å². The fraction of sp³-hybridized carbons (Fsp3) is 0.0370. The minimum atomic E-state index is -0.410. The zero-order chi connectivity index (χ0) is 24.0. The van der Waals surface area contributed by atoms with E-state index in [0.29, 0.717) is 5.56 Å². The topological polar surface area (TPSA) is 117 Å². The van der Waals surface area contributed by atoms with E-state index in [-0.39, 0.29) is 61.3 Å². The molecule has 0 aliphatic heterocycles. The van der Waals surface area contributed by atoms with E-state index >= 15 is 0 Å².